The second kappa shape index (κ2) is 5.09. The first-order valence-corrected chi connectivity index (χ1v) is 8.23. The highest BCUT2D eigenvalue weighted by Crippen LogP contribution is 2.54. The molecule has 4 heteroatoms. The Morgan fingerprint density at radius 2 is 1.77 bits per heavy atom. The highest BCUT2D eigenvalue weighted by molar-refractivity contribution is 6.30. The normalized spacial score (nSPS) is 31.1. The Bertz CT molecular complexity index is 622. The Morgan fingerprint density at radius 3 is 2.36 bits per heavy atom. The molecule has 1 aromatic rings. The highest BCUT2D eigenvalue weighted by atomic mass is 35.5. The summed E-state index contributed by atoms with van der Waals surface area (Å²) in [5, 5.41) is 0.602. The number of carbonyl (C=O) groups excluding carboxylic acids is 2. The third-order valence-corrected chi connectivity index (χ3v) is 5.19. The van der Waals surface area contributed by atoms with Gasteiger partial charge in [-0.2, -0.15) is 0 Å². The maximum absolute atomic E-state index is 13.1. The summed E-state index contributed by atoms with van der Waals surface area (Å²) in [6.07, 6.45) is 3.05. The third-order valence-electron chi connectivity index (χ3n) is 4.94. The van der Waals surface area contributed by atoms with E-state index in [1.54, 1.807) is 24.3 Å². The molecular weight excluding hydrogens is 298 g/mol. The predicted octanol–water partition coefficient (Wildman–Crippen LogP) is 4.44. The zero-order valence-electron chi connectivity index (χ0n) is 13.4. The van der Waals surface area contributed by atoms with Crippen LogP contribution in [0.15, 0.2) is 24.3 Å². The SMILES string of the molecule is C[C@H]1CC(C)(C)C[C@]2(CC(=O)N(c3ccc(Cl)cc3)C2=O)C1. The van der Waals surface area contributed by atoms with E-state index in [1.807, 2.05) is 0 Å². The van der Waals surface area contributed by atoms with E-state index in [0.29, 0.717) is 23.0 Å². The van der Waals surface area contributed by atoms with Crippen LogP contribution in [0.1, 0.15) is 46.5 Å². The molecule has 2 aliphatic rings. The van der Waals surface area contributed by atoms with Gasteiger partial charge in [-0.25, -0.2) is 0 Å². The molecule has 1 spiro atoms. The molecule has 0 aromatic heterocycles. The van der Waals surface area contributed by atoms with Gasteiger partial charge in [-0.05, 0) is 54.9 Å². The minimum Gasteiger partial charge on any atom is -0.274 e. The number of amides is 2. The number of halogens is 1. The van der Waals surface area contributed by atoms with Crippen molar-refractivity contribution in [2.45, 2.75) is 46.5 Å². The van der Waals surface area contributed by atoms with E-state index in [-0.39, 0.29) is 17.2 Å². The minimum atomic E-state index is -0.516. The quantitative estimate of drug-likeness (QED) is 0.718. The van der Waals surface area contributed by atoms with Crippen molar-refractivity contribution in [3.05, 3.63) is 29.3 Å². The molecule has 118 valence electrons. The first kappa shape index (κ1) is 15.5. The van der Waals surface area contributed by atoms with Gasteiger partial charge >= 0.3 is 0 Å². The molecule has 1 saturated carbocycles. The summed E-state index contributed by atoms with van der Waals surface area (Å²) in [6.45, 7) is 6.59. The van der Waals surface area contributed by atoms with Crippen LogP contribution in [0.25, 0.3) is 0 Å². The number of hydrogen-bond donors (Lipinski definition) is 0. The average molecular weight is 320 g/mol. The van der Waals surface area contributed by atoms with Crippen molar-refractivity contribution in [3.8, 4) is 0 Å². The van der Waals surface area contributed by atoms with E-state index in [1.165, 1.54) is 4.90 Å². The van der Waals surface area contributed by atoms with Crippen LogP contribution in [0.4, 0.5) is 5.69 Å². The lowest BCUT2D eigenvalue weighted by Gasteiger charge is -2.44. The van der Waals surface area contributed by atoms with E-state index in [2.05, 4.69) is 20.8 Å². The van der Waals surface area contributed by atoms with Crippen molar-refractivity contribution in [1.82, 2.24) is 0 Å². The lowest BCUT2D eigenvalue weighted by molar-refractivity contribution is -0.130. The second-order valence-corrected chi connectivity index (χ2v) is 8.26. The molecule has 0 unspecified atom stereocenters. The Morgan fingerprint density at radius 1 is 1.14 bits per heavy atom. The van der Waals surface area contributed by atoms with Crippen LogP contribution in [0.5, 0.6) is 0 Å². The van der Waals surface area contributed by atoms with Crippen molar-refractivity contribution in [2.75, 3.05) is 4.90 Å². The van der Waals surface area contributed by atoms with Crippen LogP contribution >= 0.6 is 11.6 Å². The van der Waals surface area contributed by atoms with Gasteiger partial charge in [0.25, 0.3) is 0 Å². The molecule has 2 atom stereocenters. The first-order chi connectivity index (χ1) is 10.2. The fourth-order valence-corrected chi connectivity index (χ4v) is 4.81. The summed E-state index contributed by atoms with van der Waals surface area (Å²) in [5.41, 5.74) is 0.217. The first-order valence-electron chi connectivity index (χ1n) is 7.85. The van der Waals surface area contributed by atoms with Gasteiger partial charge < -0.3 is 0 Å². The molecule has 0 radical (unpaired) electrons. The van der Waals surface area contributed by atoms with Gasteiger partial charge in [0.05, 0.1) is 11.1 Å². The van der Waals surface area contributed by atoms with Crippen LogP contribution < -0.4 is 4.90 Å². The molecular formula is C18H22ClNO2. The van der Waals surface area contributed by atoms with Crippen molar-refractivity contribution in [2.24, 2.45) is 16.7 Å². The van der Waals surface area contributed by atoms with Gasteiger partial charge in [0, 0.05) is 11.4 Å². The standard InChI is InChI=1S/C18H22ClNO2/c1-12-8-17(2,3)11-18(9-12)10-15(21)20(16(18)22)14-6-4-13(19)5-7-14/h4-7,12H,8-11H2,1-3H3/t12-,18+/m0/s1. The second-order valence-electron chi connectivity index (χ2n) is 7.82. The molecule has 1 heterocycles. The van der Waals surface area contributed by atoms with Crippen LogP contribution in [-0.2, 0) is 9.59 Å². The molecule has 2 fully saturated rings. The van der Waals surface area contributed by atoms with Crippen molar-refractivity contribution < 1.29 is 9.59 Å². The summed E-state index contributed by atoms with van der Waals surface area (Å²) in [5.74, 6) is 0.349. The average Bonchev–Trinajstić information content (AvgIpc) is 2.59. The van der Waals surface area contributed by atoms with Crippen LogP contribution in [-0.4, -0.2) is 11.8 Å². The lowest BCUT2D eigenvalue weighted by Crippen LogP contribution is -2.43. The number of carbonyl (C=O) groups is 2. The zero-order chi connectivity index (χ0) is 16.1. The van der Waals surface area contributed by atoms with Crippen molar-refractivity contribution in [1.29, 1.82) is 0 Å². The van der Waals surface area contributed by atoms with E-state index in [4.69, 9.17) is 11.6 Å². The summed E-state index contributed by atoms with van der Waals surface area (Å²) < 4.78 is 0. The molecule has 3 rings (SSSR count). The maximum Gasteiger partial charge on any atom is 0.240 e. The van der Waals surface area contributed by atoms with Gasteiger partial charge in [0.2, 0.25) is 11.8 Å². The zero-order valence-corrected chi connectivity index (χ0v) is 14.1. The number of hydrogen-bond acceptors (Lipinski definition) is 2. The van der Waals surface area contributed by atoms with E-state index < -0.39 is 5.41 Å². The van der Waals surface area contributed by atoms with Gasteiger partial charge in [0.15, 0.2) is 0 Å². The molecule has 0 N–H and O–H groups in total. The fourth-order valence-electron chi connectivity index (χ4n) is 4.69. The third kappa shape index (κ3) is 2.56. The van der Waals surface area contributed by atoms with Gasteiger partial charge in [0.1, 0.15) is 0 Å². The van der Waals surface area contributed by atoms with Crippen molar-refractivity contribution in [3.63, 3.8) is 0 Å². The summed E-state index contributed by atoms with van der Waals surface area (Å²) in [6, 6.07) is 6.93. The maximum atomic E-state index is 13.1. The van der Waals surface area contributed by atoms with E-state index in [9.17, 15) is 9.59 Å². The molecule has 2 amide bonds. The molecule has 1 aromatic carbocycles. The van der Waals surface area contributed by atoms with Crippen molar-refractivity contribution >= 4 is 29.1 Å². The predicted molar refractivity (Wildman–Crippen MR) is 87.8 cm³/mol. The number of benzene rings is 1. The molecule has 3 nitrogen and oxygen atoms in total. The highest BCUT2D eigenvalue weighted by Gasteiger charge is 2.56. The Kier molecular flexibility index (Phi) is 3.59. The molecule has 1 saturated heterocycles. The lowest BCUT2D eigenvalue weighted by atomic mass is 9.59. The van der Waals surface area contributed by atoms with Crippen LogP contribution in [0.2, 0.25) is 5.02 Å². The summed E-state index contributed by atoms with van der Waals surface area (Å²) >= 11 is 5.90. The number of nitrogens with zero attached hydrogens (tertiary/aromatic N) is 1. The van der Waals surface area contributed by atoms with Crippen LogP contribution in [0.3, 0.4) is 0 Å². The molecule has 0 bridgehead atoms. The Labute approximate surface area is 136 Å². The number of imide groups is 1. The largest absolute Gasteiger partial charge is 0.274 e. The monoisotopic (exact) mass is 319 g/mol. The van der Waals surface area contributed by atoms with Crippen LogP contribution in [0, 0.1) is 16.7 Å². The number of anilines is 1. The van der Waals surface area contributed by atoms with Gasteiger partial charge in [-0.3, -0.25) is 14.5 Å². The molecule has 1 aliphatic carbocycles. The smallest absolute Gasteiger partial charge is 0.240 e. The van der Waals surface area contributed by atoms with Gasteiger partial charge in [-0.1, -0.05) is 32.4 Å². The molecule has 22 heavy (non-hydrogen) atoms. The fraction of sp³-hybridized carbons (Fsp3) is 0.556. The van der Waals surface area contributed by atoms with Gasteiger partial charge in [-0.15, -0.1) is 0 Å². The Balaban J connectivity index is 1.95. The topological polar surface area (TPSA) is 37.4 Å². The number of rotatable bonds is 1. The van der Waals surface area contributed by atoms with E-state index >= 15 is 0 Å². The Hall–Kier alpha value is -1.35. The van der Waals surface area contributed by atoms with E-state index in [0.717, 1.165) is 19.3 Å². The molecule has 1 aliphatic heterocycles. The summed E-state index contributed by atoms with van der Waals surface area (Å²) in [4.78, 5) is 27.0. The summed E-state index contributed by atoms with van der Waals surface area (Å²) in [7, 11) is 0. The minimum absolute atomic E-state index is 0.0283.